The smallest absolute Gasteiger partial charge is 0.494 e. The Morgan fingerprint density at radius 2 is 1.54 bits per heavy atom. The first kappa shape index (κ1) is 49.5. The van der Waals surface area contributed by atoms with Crippen LogP contribution >= 0.6 is 11.6 Å². The van der Waals surface area contributed by atoms with Crippen molar-refractivity contribution in [2.45, 2.75) is 41.1 Å². The molecule has 7 rings (SSSR count). The molecule has 0 unspecified atom stereocenters. The number of hydrogen-bond donors (Lipinski definition) is 2. The second-order valence-corrected chi connectivity index (χ2v) is 20.7. The van der Waals surface area contributed by atoms with Gasteiger partial charge in [0, 0.05) is 69.7 Å². The van der Waals surface area contributed by atoms with Crippen molar-refractivity contribution in [2.24, 2.45) is 5.92 Å². The van der Waals surface area contributed by atoms with Gasteiger partial charge in [-0.3, -0.25) is 9.69 Å². The minimum atomic E-state index is -6.00. The number of ether oxygens (including phenoxy) is 3. The molecule has 2 fully saturated rings. The largest absolute Gasteiger partial charge is 0.501 e. The zero-order chi connectivity index (χ0) is 47.8. The summed E-state index contributed by atoms with van der Waals surface area (Å²) in [5.41, 5.74) is -2.03. The molecule has 358 valence electrons. The van der Waals surface area contributed by atoms with E-state index in [1.165, 1.54) is 18.2 Å². The van der Waals surface area contributed by atoms with Gasteiger partial charge in [-0.15, -0.1) is 0 Å². The molecule has 13 nitrogen and oxygen atoms in total. The van der Waals surface area contributed by atoms with Crippen LogP contribution in [0.4, 0.5) is 24.5 Å². The number of sulfonamides is 1. The quantitative estimate of drug-likeness (QED) is 0.0810. The van der Waals surface area contributed by atoms with Crippen molar-refractivity contribution in [3.05, 3.63) is 125 Å². The van der Waals surface area contributed by atoms with Crippen LogP contribution in [0, 0.1) is 5.92 Å². The molecule has 2 aliphatic rings. The standard InChI is InChI=1S/C48H53ClF3N5O8S2/c1-55(2)22-5-27-64-40-16-18-42(35-8-10-37(49)11-9-35)36(30-40)33-56-23-25-57(26-24-56)38-12-14-39(15-13-38)65-45-7-4-3-6-43(45)47(58)54-67(61,62)41-17-19-44(53-32-34-20-28-63-29-21-34)46(31-41)66(59,60)48(50,51)52/h3-4,6-19,30-31,34,53H,5,20-29,32-33H2,1-2H3,(H,54,58). The van der Waals surface area contributed by atoms with Gasteiger partial charge in [-0.2, -0.15) is 13.2 Å². The highest BCUT2D eigenvalue weighted by atomic mass is 35.5. The van der Waals surface area contributed by atoms with Crippen molar-refractivity contribution in [3.8, 4) is 28.4 Å². The van der Waals surface area contributed by atoms with Gasteiger partial charge in [0.25, 0.3) is 25.8 Å². The number of amides is 1. The molecular weight excluding hydrogens is 931 g/mol. The van der Waals surface area contributed by atoms with E-state index in [1.54, 1.807) is 18.2 Å². The van der Waals surface area contributed by atoms with E-state index in [0.717, 1.165) is 85.9 Å². The van der Waals surface area contributed by atoms with Crippen molar-refractivity contribution in [2.75, 3.05) is 83.4 Å². The van der Waals surface area contributed by atoms with Gasteiger partial charge in [0.2, 0.25) is 0 Å². The topological polar surface area (TPSA) is 147 Å². The van der Waals surface area contributed by atoms with Crippen LogP contribution in [0.25, 0.3) is 11.1 Å². The summed E-state index contributed by atoms with van der Waals surface area (Å²) in [6.45, 7) is 6.45. The number of para-hydroxylation sites is 1. The SMILES string of the molecule is CN(C)CCCOc1ccc(-c2ccc(Cl)cc2)c(CN2CCN(c3ccc(Oc4ccccc4C(=O)NS(=O)(=O)c4ccc(NCC5CCOCC5)c(S(=O)(=O)C(F)(F)F)c4)cc3)CC2)c1. The van der Waals surface area contributed by atoms with Crippen LogP contribution < -0.4 is 24.4 Å². The van der Waals surface area contributed by atoms with Crippen molar-refractivity contribution in [1.82, 2.24) is 14.5 Å². The monoisotopic (exact) mass is 983 g/mol. The average Bonchev–Trinajstić information content (AvgIpc) is 3.30. The summed E-state index contributed by atoms with van der Waals surface area (Å²) in [4.78, 5) is 18.2. The number of piperazine rings is 1. The fraction of sp³-hybridized carbons (Fsp3) is 0.354. The van der Waals surface area contributed by atoms with Gasteiger partial charge < -0.3 is 29.3 Å². The highest BCUT2D eigenvalue weighted by Crippen LogP contribution is 2.37. The third-order valence-electron chi connectivity index (χ3n) is 11.6. The van der Waals surface area contributed by atoms with E-state index in [4.69, 9.17) is 25.8 Å². The molecule has 67 heavy (non-hydrogen) atoms. The van der Waals surface area contributed by atoms with Crippen LogP contribution in [0.15, 0.2) is 119 Å². The second kappa shape index (κ2) is 21.7. The van der Waals surface area contributed by atoms with Gasteiger partial charge in [0.1, 0.15) is 22.1 Å². The third kappa shape index (κ3) is 12.8. The maximum absolute atomic E-state index is 13.8. The molecule has 2 saturated heterocycles. The number of benzene rings is 5. The molecule has 0 atom stereocenters. The van der Waals surface area contributed by atoms with Crippen molar-refractivity contribution >= 4 is 48.7 Å². The Hall–Kier alpha value is -5.37. The van der Waals surface area contributed by atoms with E-state index >= 15 is 0 Å². The minimum Gasteiger partial charge on any atom is -0.494 e. The van der Waals surface area contributed by atoms with Gasteiger partial charge in [-0.05, 0) is 135 Å². The Bertz CT molecular complexity index is 2710. The van der Waals surface area contributed by atoms with Crippen LogP contribution in [-0.2, 0) is 31.1 Å². The molecule has 0 aromatic heterocycles. The number of anilines is 2. The zero-order valence-corrected chi connectivity index (χ0v) is 39.5. The molecule has 0 saturated carbocycles. The molecular formula is C48H53ClF3N5O8S2. The van der Waals surface area contributed by atoms with Gasteiger partial charge >= 0.3 is 5.51 Å². The van der Waals surface area contributed by atoms with Gasteiger partial charge in [-0.25, -0.2) is 21.6 Å². The van der Waals surface area contributed by atoms with E-state index in [9.17, 15) is 34.8 Å². The predicted octanol–water partition coefficient (Wildman–Crippen LogP) is 8.70. The Balaban J connectivity index is 0.988. The molecule has 0 bridgehead atoms. The number of halogens is 4. The minimum absolute atomic E-state index is 0.000626. The maximum atomic E-state index is 13.8. The van der Waals surface area contributed by atoms with Crippen molar-refractivity contribution in [3.63, 3.8) is 0 Å². The van der Waals surface area contributed by atoms with E-state index < -0.39 is 46.8 Å². The predicted molar refractivity (Wildman–Crippen MR) is 252 cm³/mol. The molecule has 0 spiro atoms. The Labute approximate surface area is 394 Å². The summed E-state index contributed by atoms with van der Waals surface area (Å²) in [7, 11) is -6.82. The number of rotatable bonds is 18. The van der Waals surface area contributed by atoms with Gasteiger partial charge in [-0.1, -0.05) is 41.9 Å². The molecule has 0 aliphatic carbocycles. The van der Waals surface area contributed by atoms with E-state index in [1.807, 2.05) is 61.3 Å². The zero-order valence-electron chi connectivity index (χ0n) is 37.1. The number of nitrogens with zero attached hydrogens (tertiary/aromatic N) is 3. The van der Waals surface area contributed by atoms with Gasteiger partial charge in [0.05, 0.1) is 22.8 Å². The van der Waals surface area contributed by atoms with Crippen LogP contribution in [0.3, 0.4) is 0 Å². The number of alkyl halides is 3. The number of hydrogen-bond acceptors (Lipinski definition) is 12. The number of carbonyl (C=O) groups excluding carboxylic acids is 1. The summed E-state index contributed by atoms with van der Waals surface area (Å²) in [5, 5.41) is 3.41. The van der Waals surface area contributed by atoms with Crippen molar-refractivity contribution in [1.29, 1.82) is 0 Å². The summed E-state index contributed by atoms with van der Waals surface area (Å²) in [6.07, 6.45) is 2.14. The molecule has 5 aromatic rings. The summed E-state index contributed by atoms with van der Waals surface area (Å²) < 4.78 is 113. The Morgan fingerprint density at radius 1 is 0.851 bits per heavy atom. The van der Waals surface area contributed by atoms with Gasteiger partial charge in [0.15, 0.2) is 0 Å². The number of nitrogens with one attached hydrogen (secondary N) is 2. The molecule has 2 heterocycles. The lowest BCUT2D eigenvalue weighted by atomic mass is 9.98. The molecule has 0 radical (unpaired) electrons. The molecule has 1 amide bonds. The normalized spacial score (nSPS) is 15.4. The Morgan fingerprint density at radius 3 is 2.22 bits per heavy atom. The third-order valence-corrected chi connectivity index (χ3v) is 14.7. The summed E-state index contributed by atoms with van der Waals surface area (Å²) >= 11 is 6.21. The summed E-state index contributed by atoms with van der Waals surface area (Å²) in [5.74, 6) is 0.0463. The lowest BCUT2D eigenvalue weighted by Crippen LogP contribution is -2.46. The molecule has 2 N–H and O–H groups in total. The molecule has 5 aromatic carbocycles. The fourth-order valence-electron chi connectivity index (χ4n) is 7.88. The molecule has 19 heteroatoms. The van der Waals surface area contributed by atoms with E-state index in [-0.39, 0.29) is 23.8 Å². The van der Waals surface area contributed by atoms with Crippen LogP contribution in [0.2, 0.25) is 5.02 Å². The first-order valence-corrected chi connectivity index (χ1v) is 25.2. The highest BCUT2D eigenvalue weighted by molar-refractivity contribution is 7.92. The lowest BCUT2D eigenvalue weighted by molar-refractivity contribution is -0.0435. The van der Waals surface area contributed by atoms with Crippen LogP contribution in [-0.4, -0.2) is 111 Å². The number of sulfone groups is 1. The second-order valence-electron chi connectivity index (χ2n) is 16.7. The van der Waals surface area contributed by atoms with E-state index in [2.05, 4.69) is 32.1 Å². The molecule has 2 aliphatic heterocycles. The summed E-state index contributed by atoms with van der Waals surface area (Å²) in [6, 6.07) is 29.5. The Kier molecular flexibility index (Phi) is 16.1. The first-order chi connectivity index (χ1) is 32.0. The fourth-order valence-corrected chi connectivity index (χ4v) is 10.0. The highest BCUT2D eigenvalue weighted by Gasteiger charge is 2.48. The first-order valence-electron chi connectivity index (χ1n) is 21.8. The van der Waals surface area contributed by atoms with Crippen LogP contribution in [0.5, 0.6) is 17.2 Å². The van der Waals surface area contributed by atoms with Crippen molar-refractivity contribution < 1.29 is 49.0 Å². The lowest BCUT2D eigenvalue weighted by Gasteiger charge is -2.36. The number of carbonyl (C=O) groups is 1. The van der Waals surface area contributed by atoms with Crippen LogP contribution in [0.1, 0.15) is 35.2 Å². The average molecular weight is 985 g/mol. The van der Waals surface area contributed by atoms with E-state index in [0.29, 0.717) is 49.5 Å². The maximum Gasteiger partial charge on any atom is 0.501 e.